The highest BCUT2D eigenvalue weighted by atomic mass is 32.1. The van der Waals surface area contributed by atoms with Gasteiger partial charge in [0.05, 0.1) is 0 Å². The molecular formula is C27H22S2. The van der Waals surface area contributed by atoms with E-state index < -0.39 is 0 Å². The predicted molar refractivity (Wildman–Crippen MR) is 133 cm³/mol. The Balaban J connectivity index is 1.59. The molecule has 0 amide bonds. The topological polar surface area (TPSA) is 0 Å². The molecule has 0 aliphatic rings. The zero-order valence-corrected chi connectivity index (χ0v) is 18.1. The second-order valence-corrected chi connectivity index (χ2v) is 10.0. The molecule has 0 fully saturated rings. The molecule has 0 radical (unpaired) electrons. The first-order chi connectivity index (χ1) is 14.3. The van der Waals surface area contributed by atoms with Gasteiger partial charge in [-0.25, -0.2) is 0 Å². The SMILES string of the molecule is CCCCCc1cc2ccc3c4ccc5c(ccc6ccsc65)c4ccc3c2s1. The predicted octanol–water partition coefficient (Wildman–Crippen LogP) is 9.31. The highest BCUT2D eigenvalue weighted by Crippen LogP contribution is 2.40. The average Bonchev–Trinajstić information content (AvgIpc) is 3.39. The molecule has 0 spiro atoms. The highest BCUT2D eigenvalue weighted by Gasteiger charge is 2.11. The fourth-order valence-corrected chi connectivity index (χ4v) is 6.84. The molecule has 4 aromatic carbocycles. The fourth-order valence-electron chi connectivity index (χ4n) is 4.69. The molecule has 29 heavy (non-hydrogen) atoms. The summed E-state index contributed by atoms with van der Waals surface area (Å²) in [5.41, 5.74) is 0. The quantitative estimate of drug-likeness (QED) is 0.201. The van der Waals surface area contributed by atoms with E-state index in [0.717, 1.165) is 0 Å². The van der Waals surface area contributed by atoms with E-state index in [1.54, 1.807) is 0 Å². The van der Waals surface area contributed by atoms with Crippen LogP contribution in [0.2, 0.25) is 0 Å². The average molecular weight is 411 g/mol. The van der Waals surface area contributed by atoms with Crippen molar-refractivity contribution in [3.05, 3.63) is 70.9 Å². The molecule has 2 aromatic heterocycles. The highest BCUT2D eigenvalue weighted by molar-refractivity contribution is 7.20. The summed E-state index contributed by atoms with van der Waals surface area (Å²) in [6.45, 7) is 2.27. The first kappa shape index (κ1) is 17.4. The van der Waals surface area contributed by atoms with Crippen LogP contribution in [0.5, 0.6) is 0 Å². The molecule has 0 atom stereocenters. The minimum atomic E-state index is 1.21. The molecule has 142 valence electrons. The Labute approximate surface area is 178 Å². The Kier molecular flexibility index (Phi) is 4.11. The Morgan fingerprint density at radius 3 is 2.00 bits per heavy atom. The van der Waals surface area contributed by atoms with Crippen molar-refractivity contribution in [2.45, 2.75) is 32.6 Å². The molecular weight excluding hydrogens is 388 g/mol. The number of unbranched alkanes of at least 4 members (excludes halogenated alkanes) is 2. The lowest BCUT2D eigenvalue weighted by atomic mass is 9.96. The lowest BCUT2D eigenvalue weighted by molar-refractivity contribution is 0.723. The summed E-state index contributed by atoms with van der Waals surface area (Å²) in [4.78, 5) is 1.53. The molecule has 0 nitrogen and oxygen atoms in total. The van der Waals surface area contributed by atoms with Crippen LogP contribution in [0.25, 0.3) is 52.5 Å². The van der Waals surface area contributed by atoms with Crippen LogP contribution >= 0.6 is 22.7 Å². The number of aryl methyl sites for hydroxylation is 1. The van der Waals surface area contributed by atoms with Gasteiger partial charge >= 0.3 is 0 Å². The molecule has 0 saturated heterocycles. The van der Waals surface area contributed by atoms with Crippen LogP contribution in [0.3, 0.4) is 0 Å². The zero-order valence-electron chi connectivity index (χ0n) is 16.5. The number of hydrogen-bond donors (Lipinski definition) is 0. The van der Waals surface area contributed by atoms with Crippen molar-refractivity contribution in [1.82, 2.24) is 0 Å². The summed E-state index contributed by atoms with van der Waals surface area (Å²) in [7, 11) is 0. The van der Waals surface area contributed by atoms with Gasteiger partial charge in [0, 0.05) is 25.0 Å². The summed E-state index contributed by atoms with van der Waals surface area (Å²) in [5.74, 6) is 0. The maximum Gasteiger partial charge on any atom is 0.0424 e. The van der Waals surface area contributed by atoms with Gasteiger partial charge in [0.2, 0.25) is 0 Å². The Hall–Kier alpha value is -2.42. The van der Waals surface area contributed by atoms with Gasteiger partial charge in [0.15, 0.2) is 0 Å². The number of hydrogen-bond acceptors (Lipinski definition) is 2. The van der Waals surface area contributed by atoms with Gasteiger partial charge in [-0.15, -0.1) is 22.7 Å². The molecule has 6 rings (SSSR count). The first-order valence-electron chi connectivity index (χ1n) is 10.5. The van der Waals surface area contributed by atoms with Crippen molar-refractivity contribution >= 4 is 75.2 Å². The van der Waals surface area contributed by atoms with Crippen LogP contribution in [0.15, 0.2) is 66.0 Å². The smallest absolute Gasteiger partial charge is 0.0424 e. The second-order valence-electron chi connectivity index (χ2n) is 7.97. The van der Waals surface area contributed by atoms with E-state index in [1.165, 1.54) is 83.1 Å². The van der Waals surface area contributed by atoms with Crippen molar-refractivity contribution in [3.8, 4) is 0 Å². The van der Waals surface area contributed by atoms with E-state index >= 15 is 0 Å². The van der Waals surface area contributed by atoms with E-state index in [2.05, 4.69) is 73.0 Å². The fraction of sp³-hybridized carbons (Fsp3) is 0.185. The summed E-state index contributed by atoms with van der Waals surface area (Å²) in [6, 6.07) is 23.2. The van der Waals surface area contributed by atoms with Gasteiger partial charge in [-0.2, -0.15) is 0 Å². The van der Waals surface area contributed by atoms with Crippen LogP contribution in [0.1, 0.15) is 31.1 Å². The molecule has 0 N–H and O–H groups in total. The van der Waals surface area contributed by atoms with Crippen molar-refractivity contribution in [3.63, 3.8) is 0 Å². The van der Waals surface area contributed by atoms with Gasteiger partial charge < -0.3 is 0 Å². The maximum absolute atomic E-state index is 2.41. The lowest BCUT2D eigenvalue weighted by Crippen LogP contribution is -1.81. The van der Waals surface area contributed by atoms with Gasteiger partial charge in [0.1, 0.15) is 0 Å². The minimum absolute atomic E-state index is 1.21. The van der Waals surface area contributed by atoms with Crippen LogP contribution < -0.4 is 0 Å². The molecule has 0 bridgehead atoms. The van der Waals surface area contributed by atoms with E-state index in [0.29, 0.717) is 0 Å². The van der Waals surface area contributed by atoms with E-state index in [-0.39, 0.29) is 0 Å². The van der Waals surface area contributed by atoms with Crippen LogP contribution in [0, 0.1) is 0 Å². The zero-order chi connectivity index (χ0) is 19.4. The van der Waals surface area contributed by atoms with Crippen molar-refractivity contribution in [2.24, 2.45) is 0 Å². The first-order valence-corrected chi connectivity index (χ1v) is 12.2. The summed E-state index contributed by atoms with van der Waals surface area (Å²) in [6.07, 6.45) is 5.12. The van der Waals surface area contributed by atoms with Gasteiger partial charge in [-0.1, -0.05) is 68.3 Å². The third kappa shape index (κ3) is 2.70. The van der Waals surface area contributed by atoms with Crippen LogP contribution in [-0.2, 0) is 6.42 Å². The normalized spacial score (nSPS) is 12.2. The second kappa shape index (κ2) is 6.83. The summed E-state index contributed by atoms with van der Waals surface area (Å²) in [5, 5.41) is 13.2. The molecule has 2 heteroatoms. The standard InChI is InChI=1S/C27H22S2/c1-2-3-4-5-19-16-18-7-9-23-21-10-12-24-22(8-6-17-14-15-28-26(17)24)20(21)11-13-25(23)27(18)29-19/h6-16H,2-5H2,1H3. The molecule has 0 unspecified atom stereocenters. The van der Waals surface area contributed by atoms with Crippen molar-refractivity contribution in [2.75, 3.05) is 0 Å². The Bertz CT molecular complexity index is 1510. The Morgan fingerprint density at radius 2 is 1.24 bits per heavy atom. The Morgan fingerprint density at radius 1 is 0.621 bits per heavy atom. The third-order valence-electron chi connectivity index (χ3n) is 6.17. The number of rotatable bonds is 4. The minimum Gasteiger partial charge on any atom is -0.143 e. The summed E-state index contributed by atoms with van der Waals surface area (Å²) >= 11 is 3.84. The van der Waals surface area contributed by atoms with E-state index in [4.69, 9.17) is 0 Å². The van der Waals surface area contributed by atoms with Gasteiger partial charge in [-0.05, 0) is 62.7 Å². The van der Waals surface area contributed by atoms with Crippen LogP contribution in [-0.4, -0.2) is 0 Å². The molecule has 2 heterocycles. The van der Waals surface area contributed by atoms with Crippen molar-refractivity contribution < 1.29 is 0 Å². The number of benzene rings is 4. The lowest BCUT2D eigenvalue weighted by Gasteiger charge is -2.09. The largest absolute Gasteiger partial charge is 0.143 e. The van der Waals surface area contributed by atoms with Crippen molar-refractivity contribution in [1.29, 1.82) is 0 Å². The third-order valence-corrected chi connectivity index (χ3v) is 8.37. The van der Waals surface area contributed by atoms with Gasteiger partial charge in [-0.3, -0.25) is 0 Å². The van der Waals surface area contributed by atoms with Gasteiger partial charge in [0.25, 0.3) is 0 Å². The number of fused-ring (bicyclic) bond motifs is 9. The van der Waals surface area contributed by atoms with Crippen LogP contribution in [0.4, 0.5) is 0 Å². The molecule has 0 aliphatic carbocycles. The molecule has 0 aliphatic heterocycles. The molecule has 0 saturated carbocycles. The summed E-state index contributed by atoms with van der Waals surface area (Å²) < 4.78 is 2.85. The monoisotopic (exact) mass is 410 g/mol. The number of thiophene rings is 2. The van der Waals surface area contributed by atoms with E-state index in [9.17, 15) is 0 Å². The van der Waals surface area contributed by atoms with E-state index in [1.807, 2.05) is 22.7 Å². The molecule has 6 aromatic rings. The maximum atomic E-state index is 2.41.